The lowest BCUT2D eigenvalue weighted by Crippen LogP contribution is -2.41. The molecule has 0 saturated carbocycles. The molecule has 86 valence electrons. The van der Waals surface area contributed by atoms with Gasteiger partial charge in [0, 0.05) is 11.8 Å². The van der Waals surface area contributed by atoms with Crippen LogP contribution in [-0.4, -0.2) is 22.7 Å². The molecule has 5 nitrogen and oxygen atoms in total. The van der Waals surface area contributed by atoms with Crippen LogP contribution in [0.2, 0.25) is 0 Å². The van der Waals surface area contributed by atoms with E-state index >= 15 is 0 Å². The third-order valence-corrected chi connectivity index (χ3v) is 2.56. The number of benzene rings is 1. The summed E-state index contributed by atoms with van der Waals surface area (Å²) in [4.78, 5) is 22.5. The van der Waals surface area contributed by atoms with Crippen LogP contribution in [0.15, 0.2) is 29.2 Å². The van der Waals surface area contributed by atoms with E-state index in [1.165, 1.54) is 18.7 Å². The first-order valence-corrected chi connectivity index (χ1v) is 5.54. The number of aromatic hydroxyl groups is 1. The van der Waals surface area contributed by atoms with Gasteiger partial charge in [0.15, 0.2) is 0 Å². The van der Waals surface area contributed by atoms with Gasteiger partial charge in [-0.1, -0.05) is 6.07 Å². The van der Waals surface area contributed by atoms with Crippen molar-refractivity contribution in [2.45, 2.75) is 11.8 Å². The van der Waals surface area contributed by atoms with E-state index in [4.69, 9.17) is 0 Å². The fourth-order valence-electron chi connectivity index (χ4n) is 0.916. The first kappa shape index (κ1) is 12.4. The van der Waals surface area contributed by atoms with Crippen LogP contribution in [-0.2, 0) is 9.59 Å². The van der Waals surface area contributed by atoms with E-state index in [0.29, 0.717) is 0 Å². The number of hydrogen-bond donors (Lipinski definition) is 3. The van der Waals surface area contributed by atoms with Crippen LogP contribution in [0.1, 0.15) is 6.92 Å². The van der Waals surface area contributed by atoms with E-state index in [2.05, 4.69) is 10.9 Å². The average molecular weight is 240 g/mol. The first-order chi connectivity index (χ1) is 7.58. The lowest BCUT2D eigenvalue weighted by atomic mass is 10.3. The molecule has 2 amide bonds. The molecular weight excluding hydrogens is 228 g/mol. The van der Waals surface area contributed by atoms with Crippen LogP contribution in [0.3, 0.4) is 0 Å². The Morgan fingerprint density at radius 1 is 1.38 bits per heavy atom. The summed E-state index contributed by atoms with van der Waals surface area (Å²) in [6, 6.07) is 6.61. The molecule has 0 saturated heterocycles. The van der Waals surface area contributed by atoms with Crippen molar-refractivity contribution in [3.8, 4) is 5.75 Å². The molecule has 0 aromatic heterocycles. The highest BCUT2D eigenvalue weighted by Gasteiger charge is 2.03. The Morgan fingerprint density at radius 3 is 2.75 bits per heavy atom. The zero-order valence-corrected chi connectivity index (χ0v) is 9.50. The Balaban J connectivity index is 2.34. The second-order valence-corrected chi connectivity index (χ2v) is 4.06. The normalized spacial score (nSPS) is 9.56. The largest absolute Gasteiger partial charge is 0.508 e. The molecule has 0 radical (unpaired) electrons. The molecule has 3 N–H and O–H groups in total. The van der Waals surface area contributed by atoms with Crippen LogP contribution in [0.5, 0.6) is 5.75 Å². The second kappa shape index (κ2) is 6.02. The smallest absolute Gasteiger partial charge is 0.248 e. The molecule has 0 aliphatic carbocycles. The Labute approximate surface area is 97.2 Å². The van der Waals surface area contributed by atoms with Crippen molar-refractivity contribution >= 4 is 23.6 Å². The molecule has 0 fully saturated rings. The van der Waals surface area contributed by atoms with Crippen molar-refractivity contribution in [2.24, 2.45) is 0 Å². The summed E-state index contributed by atoms with van der Waals surface area (Å²) < 4.78 is 0. The number of rotatable bonds is 3. The van der Waals surface area contributed by atoms with Crippen molar-refractivity contribution in [3.05, 3.63) is 24.3 Å². The summed E-state index contributed by atoms with van der Waals surface area (Å²) in [5.41, 5.74) is 4.44. The second-order valence-electron chi connectivity index (χ2n) is 3.02. The minimum absolute atomic E-state index is 0.160. The summed E-state index contributed by atoms with van der Waals surface area (Å²) in [7, 11) is 0. The molecule has 0 aliphatic heterocycles. The van der Waals surface area contributed by atoms with Crippen molar-refractivity contribution in [2.75, 3.05) is 5.75 Å². The number of nitrogens with one attached hydrogen (secondary N) is 2. The fraction of sp³-hybridized carbons (Fsp3) is 0.200. The third-order valence-electron chi connectivity index (χ3n) is 1.57. The highest BCUT2D eigenvalue weighted by Crippen LogP contribution is 2.21. The van der Waals surface area contributed by atoms with Gasteiger partial charge in [0.25, 0.3) is 0 Å². The van der Waals surface area contributed by atoms with E-state index in [1.807, 2.05) is 0 Å². The van der Waals surface area contributed by atoms with Crippen LogP contribution in [0.25, 0.3) is 0 Å². The lowest BCUT2D eigenvalue weighted by Gasteiger charge is -2.04. The molecule has 6 heteroatoms. The number of thioether (sulfide) groups is 1. The van der Waals surface area contributed by atoms with Crippen molar-refractivity contribution < 1.29 is 14.7 Å². The third kappa shape index (κ3) is 4.70. The topological polar surface area (TPSA) is 78.4 Å². The molecule has 0 bridgehead atoms. The maximum absolute atomic E-state index is 11.2. The molecule has 0 unspecified atom stereocenters. The average Bonchev–Trinajstić information content (AvgIpc) is 2.23. The molecule has 1 aromatic rings. The van der Waals surface area contributed by atoms with Gasteiger partial charge in [0.05, 0.1) is 5.75 Å². The van der Waals surface area contributed by atoms with Gasteiger partial charge in [-0.25, -0.2) is 0 Å². The maximum Gasteiger partial charge on any atom is 0.248 e. The summed E-state index contributed by atoms with van der Waals surface area (Å²) >= 11 is 1.27. The number of hydrogen-bond acceptors (Lipinski definition) is 4. The van der Waals surface area contributed by atoms with Gasteiger partial charge in [0.2, 0.25) is 11.8 Å². The molecule has 0 aliphatic rings. The van der Waals surface area contributed by atoms with E-state index in [9.17, 15) is 14.7 Å². The Bertz CT molecular complexity index is 395. The van der Waals surface area contributed by atoms with Crippen molar-refractivity contribution in [1.29, 1.82) is 0 Å². The van der Waals surface area contributed by atoms with Gasteiger partial charge >= 0.3 is 0 Å². The zero-order valence-electron chi connectivity index (χ0n) is 8.69. The van der Waals surface area contributed by atoms with Gasteiger partial charge in [-0.05, 0) is 18.2 Å². The minimum Gasteiger partial charge on any atom is -0.508 e. The molecule has 0 heterocycles. The van der Waals surface area contributed by atoms with E-state index < -0.39 is 0 Å². The van der Waals surface area contributed by atoms with Crippen LogP contribution in [0, 0.1) is 0 Å². The van der Waals surface area contributed by atoms with Crippen molar-refractivity contribution in [3.63, 3.8) is 0 Å². The highest BCUT2D eigenvalue weighted by atomic mass is 32.2. The van der Waals surface area contributed by atoms with Gasteiger partial charge in [-0.15, -0.1) is 11.8 Å². The van der Waals surface area contributed by atoms with E-state index in [0.717, 1.165) is 4.90 Å². The standard InChI is InChI=1S/C10H12N2O3S/c1-7(13)11-12-10(15)6-16-9-4-2-3-8(14)5-9/h2-5,14H,6H2,1H3,(H,11,13)(H,12,15). The fourth-order valence-corrected chi connectivity index (χ4v) is 1.66. The summed E-state index contributed by atoms with van der Waals surface area (Å²) in [6.07, 6.45) is 0. The van der Waals surface area contributed by atoms with Crippen LogP contribution < -0.4 is 10.9 Å². The highest BCUT2D eigenvalue weighted by molar-refractivity contribution is 8.00. The molecule has 0 atom stereocenters. The number of phenols is 1. The minimum atomic E-state index is -0.323. The summed E-state index contributed by atoms with van der Waals surface area (Å²) in [6.45, 7) is 1.31. The predicted molar refractivity (Wildman–Crippen MR) is 60.8 cm³/mol. The Kier molecular flexibility index (Phi) is 4.65. The monoisotopic (exact) mass is 240 g/mol. The Hall–Kier alpha value is -1.69. The SMILES string of the molecule is CC(=O)NNC(=O)CSc1cccc(O)c1. The van der Waals surface area contributed by atoms with Crippen molar-refractivity contribution in [1.82, 2.24) is 10.9 Å². The lowest BCUT2D eigenvalue weighted by molar-refractivity contribution is -0.126. The molecule has 16 heavy (non-hydrogen) atoms. The number of phenolic OH excluding ortho intramolecular Hbond substituents is 1. The molecular formula is C10H12N2O3S. The molecule has 0 spiro atoms. The summed E-state index contributed by atoms with van der Waals surface area (Å²) in [5, 5.41) is 9.18. The van der Waals surface area contributed by atoms with Crippen LogP contribution in [0.4, 0.5) is 0 Å². The molecule has 1 rings (SSSR count). The van der Waals surface area contributed by atoms with Crippen LogP contribution >= 0.6 is 11.8 Å². The predicted octanol–water partition coefficient (Wildman–Crippen LogP) is 0.652. The number of carbonyl (C=O) groups is 2. The van der Waals surface area contributed by atoms with Gasteiger partial charge in [-0.2, -0.15) is 0 Å². The number of hydrazine groups is 1. The summed E-state index contributed by atoms with van der Waals surface area (Å²) in [5.74, 6) is -0.296. The zero-order chi connectivity index (χ0) is 12.0. The van der Waals surface area contributed by atoms with E-state index in [-0.39, 0.29) is 23.3 Å². The van der Waals surface area contributed by atoms with Gasteiger partial charge in [-0.3, -0.25) is 20.4 Å². The van der Waals surface area contributed by atoms with Gasteiger partial charge < -0.3 is 5.11 Å². The molecule has 1 aromatic carbocycles. The van der Waals surface area contributed by atoms with Gasteiger partial charge in [0.1, 0.15) is 5.75 Å². The number of amides is 2. The quantitative estimate of drug-likeness (QED) is 0.535. The van der Waals surface area contributed by atoms with E-state index in [1.54, 1.807) is 24.3 Å². The maximum atomic E-state index is 11.2. The Morgan fingerprint density at radius 2 is 2.12 bits per heavy atom. The first-order valence-electron chi connectivity index (χ1n) is 4.55. The number of carbonyl (C=O) groups excluding carboxylic acids is 2.